The summed E-state index contributed by atoms with van der Waals surface area (Å²) in [6.45, 7) is 0.799. The van der Waals surface area contributed by atoms with Crippen LogP contribution in [0.3, 0.4) is 0 Å². The van der Waals surface area contributed by atoms with E-state index in [1.165, 1.54) is 18.5 Å². The molecule has 1 saturated carbocycles. The molecule has 0 amide bonds. The molecule has 2 aromatic heterocycles. The molecule has 3 heterocycles. The summed E-state index contributed by atoms with van der Waals surface area (Å²) < 4.78 is 2.10. The van der Waals surface area contributed by atoms with Gasteiger partial charge in [-0.1, -0.05) is 11.6 Å². The molecule has 7 heteroatoms. The van der Waals surface area contributed by atoms with E-state index in [-0.39, 0.29) is 12.6 Å². The summed E-state index contributed by atoms with van der Waals surface area (Å²) in [7, 11) is 0. The van der Waals surface area contributed by atoms with Crippen molar-refractivity contribution in [2.75, 3.05) is 11.9 Å². The van der Waals surface area contributed by atoms with E-state index in [2.05, 4.69) is 21.0 Å². The van der Waals surface area contributed by atoms with Crippen LogP contribution in [0, 0.1) is 0 Å². The van der Waals surface area contributed by atoms with Gasteiger partial charge in [-0.25, -0.2) is 4.98 Å². The van der Waals surface area contributed by atoms with Crippen LogP contribution in [0.2, 0.25) is 5.15 Å². The predicted molar refractivity (Wildman–Crippen MR) is 101 cm³/mol. The SMILES string of the molecule is OCC1(O)CCC(Nc2cc(Cl)ncc2-c2cc3n(n2)CCCC3)CC1. The van der Waals surface area contributed by atoms with Crippen molar-refractivity contribution in [1.82, 2.24) is 14.8 Å². The molecular weight excluding hydrogens is 352 g/mol. The quantitative estimate of drug-likeness (QED) is 0.714. The number of anilines is 1. The second-order valence-corrected chi connectivity index (χ2v) is 7.94. The fourth-order valence-electron chi connectivity index (χ4n) is 3.98. The molecule has 0 aromatic carbocycles. The van der Waals surface area contributed by atoms with Crippen LogP contribution in [0.5, 0.6) is 0 Å². The standard InChI is InChI=1S/C19H25ClN4O2/c20-18-10-16(22-13-4-6-19(26,12-25)7-5-13)15(11-21-18)17-9-14-3-1-2-8-24(14)23-17/h9-11,13,25-26H,1-8,12H2,(H,21,22). The molecule has 0 unspecified atom stereocenters. The second kappa shape index (κ2) is 7.18. The Kier molecular flexibility index (Phi) is 4.90. The molecule has 1 fully saturated rings. The number of rotatable bonds is 4. The molecule has 1 aliphatic heterocycles. The van der Waals surface area contributed by atoms with E-state index in [9.17, 15) is 10.2 Å². The molecule has 2 aliphatic rings. The van der Waals surface area contributed by atoms with Gasteiger partial charge in [-0.15, -0.1) is 0 Å². The van der Waals surface area contributed by atoms with Crippen LogP contribution in [-0.2, 0) is 13.0 Å². The molecular formula is C19H25ClN4O2. The van der Waals surface area contributed by atoms with Gasteiger partial charge in [0.15, 0.2) is 0 Å². The monoisotopic (exact) mass is 376 g/mol. The first kappa shape index (κ1) is 17.8. The van der Waals surface area contributed by atoms with Gasteiger partial charge in [0.2, 0.25) is 0 Å². The molecule has 0 atom stereocenters. The molecule has 26 heavy (non-hydrogen) atoms. The zero-order valence-corrected chi connectivity index (χ0v) is 15.5. The van der Waals surface area contributed by atoms with Crippen LogP contribution in [0.25, 0.3) is 11.3 Å². The normalized spacial score (nSPS) is 25.7. The van der Waals surface area contributed by atoms with Gasteiger partial charge >= 0.3 is 0 Å². The molecule has 0 spiro atoms. The third kappa shape index (κ3) is 3.59. The van der Waals surface area contributed by atoms with Crippen molar-refractivity contribution in [3.63, 3.8) is 0 Å². The lowest BCUT2D eigenvalue weighted by atomic mass is 9.82. The first-order chi connectivity index (χ1) is 12.6. The maximum atomic E-state index is 10.2. The van der Waals surface area contributed by atoms with E-state index >= 15 is 0 Å². The minimum Gasteiger partial charge on any atom is -0.393 e. The third-order valence-corrected chi connectivity index (χ3v) is 5.84. The molecule has 0 bridgehead atoms. The minimum absolute atomic E-state index is 0.174. The molecule has 4 rings (SSSR count). The summed E-state index contributed by atoms with van der Waals surface area (Å²) >= 11 is 6.14. The largest absolute Gasteiger partial charge is 0.393 e. The van der Waals surface area contributed by atoms with E-state index in [0.717, 1.165) is 42.8 Å². The third-order valence-electron chi connectivity index (χ3n) is 5.63. The van der Waals surface area contributed by atoms with Crippen molar-refractivity contribution in [2.24, 2.45) is 0 Å². The van der Waals surface area contributed by atoms with Gasteiger partial charge in [0.05, 0.1) is 17.9 Å². The summed E-state index contributed by atoms with van der Waals surface area (Å²) in [4.78, 5) is 4.25. The Morgan fingerprint density at radius 1 is 1.27 bits per heavy atom. The number of nitrogens with zero attached hydrogens (tertiary/aromatic N) is 3. The van der Waals surface area contributed by atoms with Crippen molar-refractivity contribution in [3.05, 3.63) is 29.2 Å². The molecule has 0 saturated heterocycles. The average molecular weight is 377 g/mol. The van der Waals surface area contributed by atoms with Gasteiger partial charge in [-0.05, 0) is 57.1 Å². The molecule has 6 nitrogen and oxygen atoms in total. The lowest BCUT2D eigenvalue weighted by Crippen LogP contribution is -2.41. The minimum atomic E-state index is -0.931. The Morgan fingerprint density at radius 3 is 2.81 bits per heavy atom. The predicted octanol–water partition coefficient (Wildman–Crippen LogP) is 3.01. The zero-order chi connectivity index (χ0) is 18.1. The van der Waals surface area contributed by atoms with Gasteiger partial charge in [0.25, 0.3) is 0 Å². The molecule has 1 aliphatic carbocycles. The van der Waals surface area contributed by atoms with Crippen LogP contribution >= 0.6 is 11.6 Å². The number of aliphatic hydroxyl groups excluding tert-OH is 1. The average Bonchev–Trinajstić information content (AvgIpc) is 3.08. The molecule has 0 radical (unpaired) electrons. The number of aryl methyl sites for hydroxylation is 2. The second-order valence-electron chi connectivity index (χ2n) is 7.55. The topological polar surface area (TPSA) is 83.2 Å². The van der Waals surface area contributed by atoms with Crippen molar-refractivity contribution < 1.29 is 10.2 Å². The van der Waals surface area contributed by atoms with Crippen molar-refractivity contribution >= 4 is 17.3 Å². The smallest absolute Gasteiger partial charge is 0.131 e. The highest BCUT2D eigenvalue weighted by Crippen LogP contribution is 2.34. The first-order valence-corrected chi connectivity index (χ1v) is 9.76. The summed E-state index contributed by atoms with van der Waals surface area (Å²) in [5.74, 6) is 0. The number of aromatic nitrogens is 3. The van der Waals surface area contributed by atoms with Gasteiger partial charge in [-0.2, -0.15) is 5.10 Å². The fourth-order valence-corrected chi connectivity index (χ4v) is 4.14. The van der Waals surface area contributed by atoms with Crippen LogP contribution < -0.4 is 5.32 Å². The lowest BCUT2D eigenvalue weighted by Gasteiger charge is -2.35. The highest BCUT2D eigenvalue weighted by molar-refractivity contribution is 6.29. The number of halogens is 1. The molecule has 3 N–H and O–H groups in total. The number of pyridine rings is 1. The number of fused-ring (bicyclic) bond motifs is 1. The Morgan fingerprint density at radius 2 is 2.08 bits per heavy atom. The zero-order valence-electron chi connectivity index (χ0n) is 14.8. The van der Waals surface area contributed by atoms with E-state index in [1.807, 2.05) is 6.07 Å². The molecule has 140 valence electrons. The Labute approximate surface area is 158 Å². The van der Waals surface area contributed by atoms with E-state index in [4.69, 9.17) is 16.7 Å². The first-order valence-electron chi connectivity index (χ1n) is 9.39. The van der Waals surface area contributed by atoms with Crippen LogP contribution in [-0.4, -0.2) is 43.2 Å². The summed E-state index contributed by atoms with van der Waals surface area (Å²) in [5, 5.41) is 28.3. The Bertz CT molecular complexity index is 760. The van der Waals surface area contributed by atoms with Gasteiger partial charge in [-0.3, -0.25) is 4.68 Å². The van der Waals surface area contributed by atoms with E-state index < -0.39 is 5.60 Å². The maximum absolute atomic E-state index is 10.2. The van der Waals surface area contributed by atoms with E-state index in [1.54, 1.807) is 6.20 Å². The number of hydrogen-bond acceptors (Lipinski definition) is 5. The number of aliphatic hydroxyl groups is 2. The fraction of sp³-hybridized carbons (Fsp3) is 0.579. The summed E-state index contributed by atoms with van der Waals surface area (Å²) in [5.41, 5.74) is 3.16. The van der Waals surface area contributed by atoms with Crippen molar-refractivity contribution in [3.8, 4) is 11.3 Å². The van der Waals surface area contributed by atoms with Gasteiger partial charge in [0, 0.05) is 35.7 Å². The van der Waals surface area contributed by atoms with Crippen LogP contribution in [0.1, 0.15) is 44.2 Å². The number of nitrogens with one attached hydrogen (secondary N) is 1. The van der Waals surface area contributed by atoms with Crippen LogP contribution in [0.4, 0.5) is 5.69 Å². The Balaban J connectivity index is 1.57. The molecule has 2 aromatic rings. The number of hydrogen-bond donors (Lipinski definition) is 3. The van der Waals surface area contributed by atoms with Crippen molar-refractivity contribution in [2.45, 2.75) is 63.1 Å². The Hall–Kier alpha value is -1.63. The lowest BCUT2D eigenvalue weighted by molar-refractivity contribution is -0.0438. The highest BCUT2D eigenvalue weighted by Gasteiger charge is 2.32. The van der Waals surface area contributed by atoms with Gasteiger partial charge < -0.3 is 15.5 Å². The summed E-state index contributed by atoms with van der Waals surface area (Å²) in [6.07, 6.45) is 8.03. The van der Waals surface area contributed by atoms with Gasteiger partial charge in [0.1, 0.15) is 5.15 Å². The highest BCUT2D eigenvalue weighted by atomic mass is 35.5. The maximum Gasteiger partial charge on any atom is 0.131 e. The summed E-state index contributed by atoms with van der Waals surface area (Å²) in [6, 6.07) is 4.24. The van der Waals surface area contributed by atoms with Crippen molar-refractivity contribution in [1.29, 1.82) is 0 Å². The van der Waals surface area contributed by atoms with Crippen LogP contribution in [0.15, 0.2) is 18.3 Å². The van der Waals surface area contributed by atoms with E-state index in [0.29, 0.717) is 18.0 Å².